The summed E-state index contributed by atoms with van der Waals surface area (Å²) in [6.07, 6.45) is 4.31. The quantitative estimate of drug-likeness (QED) is 0.613. The molecule has 2 nitrogen and oxygen atoms in total. The van der Waals surface area contributed by atoms with Crippen LogP contribution in [0.2, 0.25) is 0 Å². The first-order chi connectivity index (χ1) is 11.9. The fourth-order valence-electron chi connectivity index (χ4n) is 3.90. The van der Waals surface area contributed by atoms with Gasteiger partial charge in [0, 0.05) is 17.2 Å². The molecule has 2 aromatic rings. The predicted octanol–water partition coefficient (Wildman–Crippen LogP) is 6.07. The zero-order chi connectivity index (χ0) is 18.2. The summed E-state index contributed by atoms with van der Waals surface area (Å²) in [7, 11) is 1.47. The minimum atomic E-state index is -0.490. The SMILES string of the molecule is COc1cc(-c2cc(F)c(CCl)cc2C2CCCC2(C)C)c(F)cn1. The highest BCUT2D eigenvalue weighted by molar-refractivity contribution is 6.17. The molecular formula is C20H22ClF2NO. The predicted molar refractivity (Wildman–Crippen MR) is 96.1 cm³/mol. The van der Waals surface area contributed by atoms with Crippen LogP contribution in [0.5, 0.6) is 5.88 Å². The Balaban J connectivity index is 2.24. The number of rotatable bonds is 4. The lowest BCUT2D eigenvalue weighted by molar-refractivity contribution is 0.332. The Morgan fingerprint density at radius 1 is 1.20 bits per heavy atom. The van der Waals surface area contributed by atoms with Crippen LogP contribution in [-0.4, -0.2) is 12.1 Å². The van der Waals surface area contributed by atoms with E-state index >= 15 is 0 Å². The number of hydrogen-bond donors (Lipinski definition) is 0. The van der Waals surface area contributed by atoms with Gasteiger partial charge in [-0.25, -0.2) is 13.8 Å². The van der Waals surface area contributed by atoms with Crippen molar-refractivity contribution in [3.8, 4) is 17.0 Å². The summed E-state index contributed by atoms with van der Waals surface area (Å²) >= 11 is 5.92. The number of hydrogen-bond acceptors (Lipinski definition) is 2. The Kier molecular flexibility index (Phi) is 5.01. The number of halogens is 3. The normalized spacial score (nSPS) is 19.2. The van der Waals surface area contributed by atoms with Crippen molar-refractivity contribution in [1.29, 1.82) is 0 Å². The molecule has 1 atom stereocenters. The Morgan fingerprint density at radius 3 is 2.56 bits per heavy atom. The fourth-order valence-corrected chi connectivity index (χ4v) is 4.11. The second-order valence-electron chi connectivity index (χ2n) is 7.30. The fraction of sp³-hybridized carbons (Fsp3) is 0.450. The van der Waals surface area contributed by atoms with Crippen LogP contribution in [0.4, 0.5) is 8.78 Å². The number of alkyl halides is 1. The van der Waals surface area contributed by atoms with Crippen molar-refractivity contribution < 1.29 is 13.5 Å². The lowest BCUT2D eigenvalue weighted by Gasteiger charge is -2.30. The molecule has 0 saturated heterocycles. The van der Waals surface area contributed by atoms with Crippen LogP contribution in [0.15, 0.2) is 24.4 Å². The molecular weight excluding hydrogens is 344 g/mol. The lowest BCUT2D eigenvalue weighted by Crippen LogP contribution is -2.17. The minimum absolute atomic E-state index is 0.0732. The third kappa shape index (κ3) is 3.37. The van der Waals surface area contributed by atoms with Gasteiger partial charge in [0.15, 0.2) is 0 Å². The molecule has 5 heteroatoms. The van der Waals surface area contributed by atoms with Crippen molar-refractivity contribution in [3.05, 3.63) is 47.2 Å². The van der Waals surface area contributed by atoms with Crippen LogP contribution in [0.3, 0.4) is 0 Å². The van der Waals surface area contributed by atoms with Crippen molar-refractivity contribution in [2.24, 2.45) is 5.41 Å². The van der Waals surface area contributed by atoms with E-state index in [4.69, 9.17) is 16.3 Å². The Bertz CT molecular complexity index is 792. The Labute approximate surface area is 152 Å². The summed E-state index contributed by atoms with van der Waals surface area (Å²) in [4.78, 5) is 3.88. The maximum atomic E-state index is 14.5. The summed E-state index contributed by atoms with van der Waals surface area (Å²) in [6.45, 7) is 4.42. The molecule has 0 bridgehead atoms. The molecule has 1 aliphatic rings. The molecule has 3 rings (SSSR count). The van der Waals surface area contributed by atoms with Gasteiger partial charge >= 0.3 is 0 Å². The maximum absolute atomic E-state index is 14.5. The van der Waals surface area contributed by atoms with Crippen LogP contribution < -0.4 is 4.74 Å². The molecule has 1 aromatic heterocycles. The molecule has 1 fully saturated rings. The number of nitrogens with zero attached hydrogens (tertiary/aromatic N) is 1. The third-order valence-corrected chi connectivity index (χ3v) is 5.61. The molecule has 1 saturated carbocycles. The minimum Gasteiger partial charge on any atom is -0.481 e. The zero-order valence-electron chi connectivity index (χ0n) is 14.7. The number of ether oxygens (including phenoxy) is 1. The van der Waals surface area contributed by atoms with Crippen LogP contribution >= 0.6 is 11.6 Å². The average molecular weight is 366 g/mol. The van der Waals surface area contributed by atoms with Crippen molar-refractivity contribution in [1.82, 2.24) is 4.98 Å². The summed E-state index contributed by atoms with van der Waals surface area (Å²) in [5.74, 6) is -0.289. The summed E-state index contributed by atoms with van der Waals surface area (Å²) in [5, 5.41) is 0. The van der Waals surface area contributed by atoms with Gasteiger partial charge in [-0.15, -0.1) is 11.6 Å². The Morgan fingerprint density at radius 2 is 1.96 bits per heavy atom. The van der Waals surface area contributed by atoms with Gasteiger partial charge in [0.25, 0.3) is 0 Å². The van der Waals surface area contributed by atoms with Gasteiger partial charge in [-0.05, 0) is 41.4 Å². The molecule has 25 heavy (non-hydrogen) atoms. The number of aromatic nitrogens is 1. The number of benzene rings is 1. The van der Waals surface area contributed by atoms with E-state index in [-0.39, 0.29) is 17.2 Å². The Hall–Kier alpha value is -1.68. The average Bonchev–Trinajstić information content (AvgIpc) is 2.94. The van der Waals surface area contributed by atoms with Gasteiger partial charge in [0.05, 0.1) is 19.2 Å². The molecule has 0 radical (unpaired) electrons. The van der Waals surface area contributed by atoms with Crippen LogP contribution in [0, 0.1) is 17.0 Å². The van der Waals surface area contributed by atoms with E-state index < -0.39 is 11.6 Å². The first kappa shape index (κ1) is 18.1. The third-order valence-electron chi connectivity index (χ3n) is 5.32. The number of methoxy groups -OCH3 is 1. The van der Waals surface area contributed by atoms with Gasteiger partial charge in [-0.3, -0.25) is 0 Å². The van der Waals surface area contributed by atoms with Gasteiger partial charge in [0.2, 0.25) is 5.88 Å². The maximum Gasteiger partial charge on any atom is 0.213 e. The monoisotopic (exact) mass is 365 g/mol. The lowest BCUT2D eigenvalue weighted by atomic mass is 9.75. The van der Waals surface area contributed by atoms with Crippen molar-refractivity contribution in [2.75, 3.05) is 7.11 Å². The van der Waals surface area contributed by atoms with Crippen LogP contribution in [0.1, 0.15) is 50.2 Å². The molecule has 0 spiro atoms. The van der Waals surface area contributed by atoms with Crippen LogP contribution in [-0.2, 0) is 5.88 Å². The van der Waals surface area contributed by atoms with E-state index in [1.54, 1.807) is 0 Å². The van der Waals surface area contributed by atoms with E-state index in [9.17, 15) is 8.78 Å². The molecule has 0 aliphatic heterocycles. The molecule has 0 N–H and O–H groups in total. The van der Waals surface area contributed by atoms with E-state index in [1.807, 2.05) is 6.07 Å². The summed E-state index contributed by atoms with van der Waals surface area (Å²) in [5.41, 5.74) is 2.34. The highest BCUT2D eigenvalue weighted by Crippen LogP contribution is 2.51. The van der Waals surface area contributed by atoms with E-state index in [2.05, 4.69) is 18.8 Å². The molecule has 1 aliphatic carbocycles. The van der Waals surface area contributed by atoms with Gasteiger partial charge in [-0.1, -0.05) is 26.3 Å². The van der Waals surface area contributed by atoms with Crippen molar-refractivity contribution in [3.63, 3.8) is 0 Å². The molecule has 1 heterocycles. The van der Waals surface area contributed by atoms with E-state index in [0.29, 0.717) is 22.6 Å². The molecule has 134 valence electrons. The first-order valence-electron chi connectivity index (χ1n) is 8.45. The largest absolute Gasteiger partial charge is 0.481 e. The van der Waals surface area contributed by atoms with Gasteiger partial charge in [0.1, 0.15) is 11.6 Å². The van der Waals surface area contributed by atoms with E-state index in [1.165, 1.54) is 19.2 Å². The summed E-state index contributed by atoms with van der Waals surface area (Å²) in [6, 6.07) is 4.73. The topological polar surface area (TPSA) is 22.1 Å². The first-order valence-corrected chi connectivity index (χ1v) is 8.99. The highest BCUT2D eigenvalue weighted by Gasteiger charge is 2.37. The number of pyridine rings is 1. The van der Waals surface area contributed by atoms with Crippen LogP contribution in [0.25, 0.3) is 11.1 Å². The van der Waals surface area contributed by atoms with Crippen molar-refractivity contribution >= 4 is 11.6 Å². The zero-order valence-corrected chi connectivity index (χ0v) is 15.5. The standard InChI is InChI=1S/C20H22ClF2NO/c1-20(2)6-4-5-16(20)14-7-12(10-21)17(22)8-13(14)15-9-19(25-3)24-11-18(15)23/h7-9,11,16H,4-6,10H2,1-3H3. The second-order valence-corrected chi connectivity index (χ2v) is 7.57. The molecule has 0 amide bonds. The second kappa shape index (κ2) is 6.91. The highest BCUT2D eigenvalue weighted by atomic mass is 35.5. The molecule has 1 unspecified atom stereocenters. The summed E-state index contributed by atoms with van der Waals surface area (Å²) < 4.78 is 34.1. The van der Waals surface area contributed by atoms with Gasteiger partial charge < -0.3 is 4.74 Å². The smallest absolute Gasteiger partial charge is 0.213 e. The van der Waals surface area contributed by atoms with Gasteiger partial charge in [-0.2, -0.15) is 0 Å². The molecule has 1 aromatic carbocycles. The van der Waals surface area contributed by atoms with E-state index in [0.717, 1.165) is 31.0 Å². The van der Waals surface area contributed by atoms with Crippen molar-refractivity contribution in [2.45, 2.75) is 44.9 Å².